The van der Waals surface area contributed by atoms with Crippen molar-refractivity contribution in [2.75, 3.05) is 11.1 Å². The number of rotatable bonds is 2. The third-order valence-electron chi connectivity index (χ3n) is 3.70. The highest BCUT2D eigenvalue weighted by Gasteiger charge is 2.18. The molecule has 0 aliphatic carbocycles. The average Bonchev–Trinajstić information content (AvgIpc) is 2.50. The Kier molecular flexibility index (Phi) is 4.18. The third-order valence-corrected chi connectivity index (χ3v) is 4.44. The Morgan fingerprint density at radius 3 is 2.54 bits per heavy atom. The van der Waals surface area contributed by atoms with E-state index in [-0.39, 0.29) is 0 Å². The summed E-state index contributed by atoms with van der Waals surface area (Å²) in [6, 6.07) is 7.10. The first-order chi connectivity index (χ1) is 11.4. The van der Waals surface area contributed by atoms with Gasteiger partial charge in [0.1, 0.15) is 0 Å². The first-order valence-electron chi connectivity index (χ1n) is 7.10. The first-order valence-corrected chi connectivity index (χ1v) is 7.86. The highest BCUT2D eigenvalue weighted by molar-refractivity contribution is 6.42. The molecule has 0 radical (unpaired) electrons. The molecule has 0 fully saturated rings. The number of anilines is 2. The number of benzene rings is 1. The van der Waals surface area contributed by atoms with Crippen LogP contribution in [0, 0.1) is 25.3 Å². The van der Waals surface area contributed by atoms with Crippen molar-refractivity contribution in [1.82, 2.24) is 9.97 Å². The summed E-state index contributed by atoms with van der Waals surface area (Å²) in [5, 5.41) is 13.2. The lowest BCUT2D eigenvalue weighted by molar-refractivity contribution is 1.19. The van der Waals surface area contributed by atoms with Crippen LogP contribution in [-0.4, -0.2) is 9.97 Å². The van der Waals surface area contributed by atoms with Gasteiger partial charge in [0.15, 0.2) is 17.7 Å². The Morgan fingerprint density at radius 1 is 1.12 bits per heavy atom. The Balaban J connectivity index is 2.41. The second-order valence-corrected chi connectivity index (χ2v) is 6.21. The Hall–Kier alpha value is -2.55. The molecular weight excluding hydrogens is 345 g/mol. The molecule has 3 N–H and O–H groups in total. The molecule has 3 rings (SSSR count). The zero-order chi connectivity index (χ0) is 17.4. The summed E-state index contributed by atoms with van der Waals surface area (Å²) in [7, 11) is 0. The molecule has 7 heteroatoms. The number of hydrogen-bond donors (Lipinski definition) is 2. The molecule has 0 aliphatic rings. The molecule has 0 atom stereocenters. The molecule has 24 heavy (non-hydrogen) atoms. The fourth-order valence-electron chi connectivity index (χ4n) is 2.73. The number of nitrogens with two attached hydrogens (primary N) is 1. The molecule has 2 heterocycles. The molecule has 120 valence electrons. The van der Waals surface area contributed by atoms with E-state index in [4.69, 9.17) is 34.2 Å². The number of nitrogens with zero attached hydrogens (tertiary/aromatic N) is 3. The highest BCUT2D eigenvalue weighted by atomic mass is 35.5. The largest absolute Gasteiger partial charge is 0.398 e. The van der Waals surface area contributed by atoms with E-state index in [0.29, 0.717) is 38.3 Å². The number of aryl methyl sites for hydroxylation is 2. The monoisotopic (exact) mass is 357 g/mol. The van der Waals surface area contributed by atoms with Gasteiger partial charge in [-0.1, -0.05) is 29.3 Å². The number of halogens is 2. The number of nitriles is 1. The van der Waals surface area contributed by atoms with E-state index in [1.54, 1.807) is 18.2 Å². The van der Waals surface area contributed by atoms with Crippen molar-refractivity contribution in [3.8, 4) is 17.3 Å². The van der Waals surface area contributed by atoms with Crippen LogP contribution in [0.3, 0.4) is 0 Å². The van der Waals surface area contributed by atoms with Gasteiger partial charge >= 0.3 is 0 Å². The van der Waals surface area contributed by atoms with Crippen LogP contribution in [0.5, 0.6) is 0 Å². The topological polar surface area (TPSA) is 87.6 Å². The van der Waals surface area contributed by atoms with E-state index in [1.165, 1.54) is 0 Å². The molecule has 0 spiro atoms. The van der Waals surface area contributed by atoms with Gasteiger partial charge in [-0.25, -0.2) is 9.97 Å². The lowest BCUT2D eigenvalue weighted by Gasteiger charge is -2.15. The number of nitrogen functional groups attached to an aromatic ring is 1. The summed E-state index contributed by atoms with van der Waals surface area (Å²) < 4.78 is 0. The number of aromatic nitrogens is 2. The fourth-order valence-corrected chi connectivity index (χ4v) is 3.03. The van der Waals surface area contributed by atoms with Crippen LogP contribution >= 0.6 is 23.2 Å². The van der Waals surface area contributed by atoms with Gasteiger partial charge in [0.25, 0.3) is 0 Å². The molecule has 0 bridgehead atoms. The molecule has 0 unspecified atom stereocenters. The lowest BCUT2D eigenvalue weighted by atomic mass is 10.00. The van der Waals surface area contributed by atoms with Gasteiger partial charge in [0.2, 0.25) is 0 Å². The molecule has 1 aromatic carbocycles. The van der Waals surface area contributed by atoms with Crippen molar-refractivity contribution in [2.45, 2.75) is 13.8 Å². The van der Waals surface area contributed by atoms with Gasteiger partial charge in [0, 0.05) is 16.6 Å². The number of nitrogens with one attached hydrogen (secondary N) is 1. The minimum absolute atomic E-state index is 0.332. The van der Waals surface area contributed by atoms with Gasteiger partial charge in [-0.15, -0.1) is 0 Å². The Morgan fingerprint density at radius 2 is 1.88 bits per heavy atom. The normalized spacial score (nSPS) is 10.6. The molecule has 0 saturated heterocycles. The smallest absolute Gasteiger partial charge is 0.182 e. The van der Waals surface area contributed by atoms with Gasteiger partial charge in [0.05, 0.1) is 15.7 Å². The Bertz CT molecular complexity index is 1010. The van der Waals surface area contributed by atoms with Gasteiger partial charge in [-0.05, 0) is 43.2 Å². The van der Waals surface area contributed by atoms with Crippen molar-refractivity contribution < 1.29 is 0 Å². The number of pyridine rings is 2. The standard InChI is InChI=1S/C17H13Cl2N5/c1-8-5-9(2)23-17-13(8)15(21)14(16(24-17)22-7-20)10-3-4-11(18)12(19)6-10/h3-6H,1-2H3,(H3,21,22,23,24). The predicted octanol–water partition coefficient (Wildman–Crippen LogP) is 4.70. The van der Waals surface area contributed by atoms with Crippen LogP contribution in [0.4, 0.5) is 11.5 Å². The molecule has 0 saturated carbocycles. The van der Waals surface area contributed by atoms with E-state index < -0.39 is 0 Å². The van der Waals surface area contributed by atoms with Crippen LogP contribution in [0.25, 0.3) is 22.2 Å². The molecule has 3 aromatic rings. The summed E-state index contributed by atoms with van der Waals surface area (Å²) in [6.07, 6.45) is 1.89. The van der Waals surface area contributed by atoms with E-state index in [9.17, 15) is 0 Å². The maximum absolute atomic E-state index is 9.05. The van der Waals surface area contributed by atoms with Crippen LogP contribution < -0.4 is 11.1 Å². The minimum Gasteiger partial charge on any atom is -0.398 e. The summed E-state index contributed by atoms with van der Waals surface area (Å²) in [4.78, 5) is 8.89. The predicted molar refractivity (Wildman–Crippen MR) is 98.1 cm³/mol. The zero-order valence-electron chi connectivity index (χ0n) is 13.0. The lowest BCUT2D eigenvalue weighted by Crippen LogP contribution is -2.04. The summed E-state index contributed by atoms with van der Waals surface area (Å²) in [5.41, 5.74) is 10.5. The van der Waals surface area contributed by atoms with Crippen LogP contribution in [0.1, 0.15) is 11.3 Å². The average molecular weight is 358 g/mol. The van der Waals surface area contributed by atoms with Crippen molar-refractivity contribution in [3.63, 3.8) is 0 Å². The maximum Gasteiger partial charge on any atom is 0.182 e. The number of hydrogen-bond acceptors (Lipinski definition) is 5. The SMILES string of the molecule is Cc1cc(C)c2c(N)c(-c3ccc(Cl)c(Cl)c3)c(NC#N)nc2n1. The van der Waals surface area contributed by atoms with Gasteiger partial charge in [-0.3, -0.25) is 5.32 Å². The summed E-state index contributed by atoms with van der Waals surface area (Å²) >= 11 is 12.1. The van der Waals surface area contributed by atoms with Crippen molar-refractivity contribution in [2.24, 2.45) is 0 Å². The van der Waals surface area contributed by atoms with Crippen molar-refractivity contribution in [1.29, 1.82) is 5.26 Å². The zero-order valence-corrected chi connectivity index (χ0v) is 14.5. The molecule has 2 aromatic heterocycles. The van der Waals surface area contributed by atoms with Crippen LogP contribution in [0.15, 0.2) is 24.3 Å². The van der Waals surface area contributed by atoms with E-state index in [2.05, 4.69) is 15.3 Å². The quantitative estimate of drug-likeness (QED) is 0.512. The van der Waals surface area contributed by atoms with Gasteiger partial charge in [-0.2, -0.15) is 5.26 Å². The summed E-state index contributed by atoms with van der Waals surface area (Å²) in [6.45, 7) is 3.83. The van der Waals surface area contributed by atoms with Gasteiger partial charge < -0.3 is 5.73 Å². The minimum atomic E-state index is 0.332. The second kappa shape index (κ2) is 6.16. The summed E-state index contributed by atoms with van der Waals surface area (Å²) in [5.74, 6) is 0.332. The maximum atomic E-state index is 9.05. The van der Waals surface area contributed by atoms with E-state index >= 15 is 0 Å². The van der Waals surface area contributed by atoms with Crippen molar-refractivity contribution in [3.05, 3.63) is 45.6 Å². The molecular formula is C17H13Cl2N5. The van der Waals surface area contributed by atoms with Crippen LogP contribution in [-0.2, 0) is 0 Å². The molecule has 5 nitrogen and oxygen atoms in total. The Labute approximate surface area is 149 Å². The fraction of sp³-hybridized carbons (Fsp3) is 0.118. The van der Waals surface area contributed by atoms with Crippen molar-refractivity contribution >= 4 is 45.7 Å². The molecule has 0 amide bonds. The molecule has 0 aliphatic heterocycles. The van der Waals surface area contributed by atoms with E-state index in [0.717, 1.165) is 16.6 Å². The van der Waals surface area contributed by atoms with E-state index in [1.807, 2.05) is 26.1 Å². The highest BCUT2D eigenvalue weighted by Crippen LogP contribution is 2.39. The third kappa shape index (κ3) is 2.71. The second-order valence-electron chi connectivity index (χ2n) is 5.39. The first kappa shape index (κ1) is 16.3. The number of fused-ring (bicyclic) bond motifs is 1. The van der Waals surface area contributed by atoms with Crippen LogP contribution in [0.2, 0.25) is 10.0 Å².